The van der Waals surface area contributed by atoms with Crippen molar-refractivity contribution in [2.24, 2.45) is 5.92 Å². The molecule has 3 heteroatoms. The molecule has 3 nitrogen and oxygen atoms in total. The molecule has 0 saturated carbocycles. The van der Waals surface area contributed by atoms with Crippen LogP contribution in [0.1, 0.15) is 32.4 Å². The van der Waals surface area contributed by atoms with Crippen molar-refractivity contribution < 1.29 is 14.2 Å². The van der Waals surface area contributed by atoms with Crippen LogP contribution in [-0.4, -0.2) is 19.5 Å². The standard InChI is InChI=1S/C14H20O3/c1-4-15-13-10(3)14(16-5-2)17-12-9-7-6-8-11(12)13/h6-10,13-14H,4-5H2,1-3H3/t10-,13+,14+/m1/s1. The van der Waals surface area contributed by atoms with E-state index in [9.17, 15) is 0 Å². The quantitative estimate of drug-likeness (QED) is 0.803. The molecule has 0 aliphatic carbocycles. The van der Waals surface area contributed by atoms with Crippen LogP contribution in [-0.2, 0) is 9.47 Å². The Labute approximate surface area is 103 Å². The van der Waals surface area contributed by atoms with Crippen LogP contribution in [0.2, 0.25) is 0 Å². The van der Waals surface area contributed by atoms with Crippen LogP contribution in [0, 0.1) is 5.92 Å². The second-order valence-corrected chi connectivity index (χ2v) is 4.21. The van der Waals surface area contributed by atoms with Crippen molar-refractivity contribution in [3.8, 4) is 5.75 Å². The van der Waals surface area contributed by atoms with E-state index in [1.54, 1.807) is 0 Å². The van der Waals surface area contributed by atoms with Crippen molar-refractivity contribution in [2.75, 3.05) is 13.2 Å². The highest BCUT2D eigenvalue weighted by Gasteiger charge is 2.36. The molecule has 94 valence electrons. The molecular formula is C14H20O3. The van der Waals surface area contributed by atoms with Gasteiger partial charge < -0.3 is 14.2 Å². The van der Waals surface area contributed by atoms with E-state index in [1.807, 2.05) is 32.0 Å². The van der Waals surface area contributed by atoms with Crippen molar-refractivity contribution in [2.45, 2.75) is 33.2 Å². The molecule has 17 heavy (non-hydrogen) atoms. The highest BCUT2D eigenvalue weighted by Crippen LogP contribution is 2.40. The highest BCUT2D eigenvalue weighted by atomic mass is 16.7. The van der Waals surface area contributed by atoms with Crippen LogP contribution in [0.3, 0.4) is 0 Å². The van der Waals surface area contributed by atoms with Gasteiger partial charge >= 0.3 is 0 Å². The summed E-state index contributed by atoms with van der Waals surface area (Å²) in [5.41, 5.74) is 1.12. The Morgan fingerprint density at radius 3 is 2.53 bits per heavy atom. The van der Waals surface area contributed by atoms with Gasteiger partial charge in [0.05, 0.1) is 6.10 Å². The number of fused-ring (bicyclic) bond motifs is 1. The zero-order chi connectivity index (χ0) is 12.3. The SMILES string of the molecule is CCO[C@H]1Oc2ccccc2[C@@H](OCC)[C@H]1C. The van der Waals surface area contributed by atoms with Crippen LogP contribution in [0.15, 0.2) is 24.3 Å². The maximum absolute atomic E-state index is 5.86. The summed E-state index contributed by atoms with van der Waals surface area (Å²) >= 11 is 0. The van der Waals surface area contributed by atoms with Gasteiger partial charge in [0.1, 0.15) is 5.75 Å². The number of para-hydroxylation sites is 1. The Morgan fingerprint density at radius 2 is 1.82 bits per heavy atom. The first-order valence-electron chi connectivity index (χ1n) is 6.26. The van der Waals surface area contributed by atoms with Crippen molar-refractivity contribution >= 4 is 0 Å². The van der Waals surface area contributed by atoms with E-state index in [0.717, 1.165) is 11.3 Å². The van der Waals surface area contributed by atoms with Gasteiger partial charge in [-0.2, -0.15) is 0 Å². The second-order valence-electron chi connectivity index (χ2n) is 4.21. The molecule has 0 fully saturated rings. The van der Waals surface area contributed by atoms with Gasteiger partial charge in [-0.1, -0.05) is 25.1 Å². The third-order valence-electron chi connectivity index (χ3n) is 3.05. The van der Waals surface area contributed by atoms with Gasteiger partial charge in [0.15, 0.2) is 0 Å². The van der Waals surface area contributed by atoms with E-state index in [2.05, 4.69) is 13.0 Å². The van der Waals surface area contributed by atoms with E-state index in [-0.39, 0.29) is 18.3 Å². The fourth-order valence-electron chi connectivity index (χ4n) is 2.25. The predicted octanol–water partition coefficient (Wildman–Crippen LogP) is 3.16. The molecular weight excluding hydrogens is 216 g/mol. The lowest BCUT2D eigenvalue weighted by atomic mass is 9.93. The van der Waals surface area contributed by atoms with Crippen molar-refractivity contribution in [1.29, 1.82) is 0 Å². The maximum atomic E-state index is 5.86. The van der Waals surface area contributed by atoms with Gasteiger partial charge in [-0.25, -0.2) is 0 Å². The summed E-state index contributed by atoms with van der Waals surface area (Å²) in [6, 6.07) is 8.02. The summed E-state index contributed by atoms with van der Waals surface area (Å²) in [5, 5.41) is 0. The Bertz CT molecular complexity index is 364. The number of hydrogen-bond donors (Lipinski definition) is 0. The van der Waals surface area contributed by atoms with Crippen LogP contribution in [0.25, 0.3) is 0 Å². The fraction of sp³-hybridized carbons (Fsp3) is 0.571. The first-order chi connectivity index (χ1) is 8.27. The zero-order valence-corrected chi connectivity index (χ0v) is 10.7. The average Bonchev–Trinajstić information content (AvgIpc) is 2.35. The Balaban J connectivity index is 2.29. The van der Waals surface area contributed by atoms with Crippen molar-refractivity contribution in [3.05, 3.63) is 29.8 Å². The number of benzene rings is 1. The third-order valence-corrected chi connectivity index (χ3v) is 3.05. The third kappa shape index (κ3) is 2.45. The second kappa shape index (κ2) is 5.52. The predicted molar refractivity (Wildman–Crippen MR) is 66.0 cm³/mol. The van der Waals surface area contributed by atoms with E-state index < -0.39 is 0 Å². The van der Waals surface area contributed by atoms with Gasteiger partial charge in [0.2, 0.25) is 6.29 Å². The summed E-state index contributed by atoms with van der Waals surface area (Å²) in [6.45, 7) is 7.45. The van der Waals surface area contributed by atoms with Crippen LogP contribution in [0.5, 0.6) is 5.75 Å². The Morgan fingerprint density at radius 1 is 1.12 bits per heavy atom. The van der Waals surface area contributed by atoms with Gasteiger partial charge in [-0.3, -0.25) is 0 Å². The van der Waals surface area contributed by atoms with E-state index in [0.29, 0.717) is 13.2 Å². The molecule has 0 aromatic heterocycles. The van der Waals surface area contributed by atoms with Crippen molar-refractivity contribution in [3.63, 3.8) is 0 Å². The van der Waals surface area contributed by atoms with Crippen LogP contribution < -0.4 is 4.74 Å². The lowest BCUT2D eigenvalue weighted by Crippen LogP contribution is -2.37. The van der Waals surface area contributed by atoms with E-state index >= 15 is 0 Å². The minimum absolute atomic E-state index is 0.0569. The molecule has 3 atom stereocenters. The molecule has 0 amide bonds. The van der Waals surface area contributed by atoms with Gasteiger partial charge in [0.25, 0.3) is 0 Å². The number of hydrogen-bond acceptors (Lipinski definition) is 3. The van der Waals surface area contributed by atoms with Gasteiger partial charge in [0, 0.05) is 24.7 Å². The molecule has 0 unspecified atom stereocenters. The minimum atomic E-state index is -0.216. The Kier molecular flexibility index (Phi) is 4.02. The zero-order valence-electron chi connectivity index (χ0n) is 10.7. The lowest BCUT2D eigenvalue weighted by Gasteiger charge is -2.36. The molecule has 1 aliphatic rings. The molecule has 0 bridgehead atoms. The molecule has 0 N–H and O–H groups in total. The lowest BCUT2D eigenvalue weighted by molar-refractivity contribution is -0.158. The molecule has 1 aromatic rings. The largest absolute Gasteiger partial charge is 0.464 e. The summed E-state index contributed by atoms with van der Waals surface area (Å²) in [5.74, 6) is 1.08. The van der Waals surface area contributed by atoms with Crippen molar-refractivity contribution in [1.82, 2.24) is 0 Å². The summed E-state index contributed by atoms with van der Waals surface area (Å²) in [6.07, 6.45) is -0.159. The minimum Gasteiger partial charge on any atom is -0.464 e. The van der Waals surface area contributed by atoms with E-state index in [1.165, 1.54) is 0 Å². The Hall–Kier alpha value is -1.06. The van der Waals surface area contributed by atoms with Crippen LogP contribution >= 0.6 is 0 Å². The maximum Gasteiger partial charge on any atom is 0.205 e. The highest BCUT2D eigenvalue weighted by molar-refractivity contribution is 5.37. The summed E-state index contributed by atoms with van der Waals surface area (Å²) in [7, 11) is 0. The smallest absolute Gasteiger partial charge is 0.205 e. The summed E-state index contributed by atoms with van der Waals surface area (Å²) in [4.78, 5) is 0. The van der Waals surface area contributed by atoms with Gasteiger partial charge in [-0.15, -0.1) is 0 Å². The number of ether oxygens (including phenoxy) is 3. The monoisotopic (exact) mass is 236 g/mol. The molecule has 0 saturated heterocycles. The molecule has 0 spiro atoms. The summed E-state index contributed by atoms with van der Waals surface area (Å²) < 4.78 is 17.3. The number of rotatable bonds is 4. The normalized spacial score (nSPS) is 27.4. The topological polar surface area (TPSA) is 27.7 Å². The molecule has 0 radical (unpaired) electrons. The van der Waals surface area contributed by atoms with Gasteiger partial charge in [-0.05, 0) is 19.9 Å². The van der Waals surface area contributed by atoms with Crippen LogP contribution in [0.4, 0.5) is 0 Å². The fourth-order valence-corrected chi connectivity index (χ4v) is 2.25. The first kappa shape index (κ1) is 12.4. The first-order valence-corrected chi connectivity index (χ1v) is 6.26. The van der Waals surface area contributed by atoms with E-state index in [4.69, 9.17) is 14.2 Å². The average molecular weight is 236 g/mol. The molecule has 1 heterocycles. The molecule has 1 aromatic carbocycles. The molecule has 2 rings (SSSR count). The molecule has 1 aliphatic heterocycles.